The third-order valence-electron chi connectivity index (χ3n) is 6.79. The van der Waals surface area contributed by atoms with Crippen molar-refractivity contribution in [2.75, 3.05) is 11.9 Å². The second kappa shape index (κ2) is 13.1. The molecule has 4 atom stereocenters. The average molecular weight is 679 g/mol. The van der Waals surface area contributed by atoms with Crippen LogP contribution in [0.5, 0.6) is 0 Å². The molecule has 0 radical (unpaired) electrons. The lowest BCUT2D eigenvalue weighted by atomic mass is 10.0. The van der Waals surface area contributed by atoms with Crippen LogP contribution in [0.25, 0.3) is 0 Å². The fourth-order valence-electron chi connectivity index (χ4n) is 4.50. The number of carbonyl (C=O) groups excluding carboxylic acids is 3. The Kier molecular flexibility index (Phi) is 9.08. The molecule has 0 spiro atoms. The molecule has 42 heavy (non-hydrogen) atoms. The second-order valence-electron chi connectivity index (χ2n) is 9.57. The Morgan fingerprint density at radius 3 is 2.02 bits per heavy atom. The van der Waals surface area contributed by atoms with E-state index in [1.54, 1.807) is 97.9 Å². The lowest BCUT2D eigenvalue weighted by Gasteiger charge is -2.23. The molecule has 5 rings (SSSR count). The molecule has 1 amide bonds. The molecule has 11 heteroatoms. The minimum Gasteiger partial charge on any atom is -0.459 e. The molecule has 214 valence electrons. The number of aromatic nitrogens is 2. The van der Waals surface area contributed by atoms with Crippen molar-refractivity contribution in [2.24, 2.45) is 5.92 Å². The summed E-state index contributed by atoms with van der Waals surface area (Å²) < 4.78 is 19.3. The van der Waals surface area contributed by atoms with Gasteiger partial charge in [-0.2, -0.15) is 4.98 Å². The number of carbonyl (C=O) groups is 3. The molecule has 4 aromatic rings. The summed E-state index contributed by atoms with van der Waals surface area (Å²) >= 11 is 1.96. The Morgan fingerprint density at radius 2 is 1.43 bits per heavy atom. The Labute approximate surface area is 254 Å². The Bertz CT molecular complexity index is 1630. The number of anilines is 1. The van der Waals surface area contributed by atoms with Crippen molar-refractivity contribution in [3.63, 3.8) is 0 Å². The molecule has 1 aromatic heterocycles. The number of rotatable bonds is 8. The predicted octanol–water partition coefficient (Wildman–Crippen LogP) is 4.72. The van der Waals surface area contributed by atoms with Gasteiger partial charge in [0.2, 0.25) is 0 Å². The molecular formula is C31H26IN3O7. The van der Waals surface area contributed by atoms with Crippen LogP contribution in [0.4, 0.5) is 5.82 Å². The van der Waals surface area contributed by atoms with Crippen molar-refractivity contribution in [1.29, 1.82) is 0 Å². The van der Waals surface area contributed by atoms with Gasteiger partial charge in [-0.15, -0.1) is 0 Å². The van der Waals surface area contributed by atoms with E-state index in [1.807, 2.05) is 22.6 Å². The highest BCUT2D eigenvalue weighted by Crippen LogP contribution is 2.36. The van der Waals surface area contributed by atoms with Gasteiger partial charge in [0.1, 0.15) is 12.7 Å². The standard InChI is InChI=1S/C31H26IN3O7/c1-19-24(18-40-29(37)21-13-7-3-8-14-21)41-28(25(19)42-30(38)22-15-9-4-10-16-22)35-17-23(32)26(34-31(35)39)33-27(36)20-11-5-2-6-12-20/h2-17,19,24-25,28H,18H2,1H3,(H,33,34,36,39)/t19?,24-,25+,28-/m1/s1. The van der Waals surface area contributed by atoms with Gasteiger partial charge < -0.3 is 19.5 Å². The van der Waals surface area contributed by atoms with Crippen molar-refractivity contribution >= 4 is 46.3 Å². The van der Waals surface area contributed by atoms with Crippen molar-refractivity contribution in [3.8, 4) is 0 Å². The molecule has 1 N–H and O–H groups in total. The van der Waals surface area contributed by atoms with Gasteiger partial charge in [-0.3, -0.25) is 9.36 Å². The number of nitrogens with one attached hydrogen (secondary N) is 1. The van der Waals surface area contributed by atoms with Crippen LogP contribution in [0.2, 0.25) is 0 Å². The van der Waals surface area contributed by atoms with Crippen LogP contribution in [0.15, 0.2) is 102 Å². The zero-order valence-corrected chi connectivity index (χ0v) is 24.5. The largest absolute Gasteiger partial charge is 0.459 e. The molecule has 1 fully saturated rings. The Balaban J connectivity index is 1.39. The maximum Gasteiger partial charge on any atom is 0.351 e. The molecule has 0 aliphatic carbocycles. The number of halogens is 1. The van der Waals surface area contributed by atoms with Crippen molar-refractivity contribution in [3.05, 3.63) is 128 Å². The van der Waals surface area contributed by atoms with Crippen molar-refractivity contribution in [2.45, 2.75) is 25.4 Å². The number of amides is 1. The third-order valence-corrected chi connectivity index (χ3v) is 7.58. The average Bonchev–Trinajstić information content (AvgIpc) is 3.32. The summed E-state index contributed by atoms with van der Waals surface area (Å²) in [5.41, 5.74) is 0.406. The predicted molar refractivity (Wildman–Crippen MR) is 161 cm³/mol. The number of benzene rings is 3. The van der Waals surface area contributed by atoms with Crippen LogP contribution in [-0.4, -0.2) is 46.2 Å². The molecule has 0 saturated carbocycles. The Hall–Kier alpha value is -4.36. The first-order chi connectivity index (χ1) is 20.3. The summed E-state index contributed by atoms with van der Waals surface area (Å²) in [5, 5.41) is 2.66. The summed E-state index contributed by atoms with van der Waals surface area (Å²) in [5.74, 6) is -1.92. The van der Waals surface area contributed by atoms with Crippen LogP contribution >= 0.6 is 22.6 Å². The molecule has 10 nitrogen and oxygen atoms in total. The van der Waals surface area contributed by atoms with E-state index in [-0.39, 0.29) is 12.4 Å². The smallest absolute Gasteiger partial charge is 0.351 e. The summed E-state index contributed by atoms with van der Waals surface area (Å²) in [6.45, 7) is 1.66. The number of esters is 2. The van der Waals surface area contributed by atoms with Gasteiger partial charge in [-0.05, 0) is 59.0 Å². The highest BCUT2D eigenvalue weighted by atomic mass is 127. The molecule has 1 aliphatic rings. The van der Waals surface area contributed by atoms with E-state index in [0.717, 1.165) is 0 Å². The maximum atomic E-state index is 13.3. The lowest BCUT2D eigenvalue weighted by molar-refractivity contribution is -0.0632. The highest BCUT2D eigenvalue weighted by molar-refractivity contribution is 14.1. The number of ether oxygens (including phenoxy) is 3. The van der Waals surface area contributed by atoms with Crippen molar-refractivity contribution in [1.82, 2.24) is 9.55 Å². The van der Waals surface area contributed by atoms with E-state index in [2.05, 4.69) is 10.3 Å². The SMILES string of the molecule is CC1[C@@H](COC(=O)c2ccccc2)O[C@@H](n2cc(I)c(NC(=O)c3ccccc3)nc2=O)[C@H]1OC(=O)c1ccccc1. The first-order valence-electron chi connectivity index (χ1n) is 13.1. The first-order valence-corrected chi connectivity index (χ1v) is 14.2. The normalized spacial score (nSPS) is 19.6. The van der Waals surface area contributed by atoms with Crippen LogP contribution in [0, 0.1) is 9.49 Å². The number of hydrogen-bond acceptors (Lipinski definition) is 8. The van der Waals surface area contributed by atoms with E-state index >= 15 is 0 Å². The molecule has 2 heterocycles. The number of hydrogen-bond donors (Lipinski definition) is 1. The van der Waals surface area contributed by atoms with Gasteiger partial charge in [0.15, 0.2) is 18.1 Å². The fourth-order valence-corrected chi connectivity index (χ4v) is 5.05. The third kappa shape index (κ3) is 6.58. The van der Waals surface area contributed by atoms with E-state index in [4.69, 9.17) is 14.2 Å². The van der Waals surface area contributed by atoms with Gasteiger partial charge >= 0.3 is 17.6 Å². The van der Waals surface area contributed by atoms with Gasteiger partial charge in [-0.1, -0.05) is 61.5 Å². The van der Waals surface area contributed by atoms with E-state index < -0.39 is 47.9 Å². The van der Waals surface area contributed by atoms with Crippen LogP contribution in [-0.2, 0) is 14.2 Å². The lowest BCUT2D eigenvalue weighted by Crippen LogP contribution is -2.36. The molecular weight excluding hydrogens is 653 g/mol. The van der Waals surface area contributed by atoms with Gasteiger partial charge in [0.05, 0.1) is 14.7 Å². The number of nitrogens with zero attached hydrogens (tertiary/aromatic N) is 2. The second-order valence-corrected chi connectivity index (χ2v) is 10.7. The molecule has 1 aliphatic heterocycles. The Morgan fingerprint density at radius 1 is 0.881 bits per heavy atom. The van der Waals surface area contributed by atoms with Crippen molar-refractivity contribution < 1.29 is 28.6 Å². The van der Waals surface area contributed by atoms with Crippen LogP contribution in [0.1, 0.15) is 44.2 Å². The van der Waals surface area contributed by atoms with Crippen LogP contribution < -0.4 is 11.0 Å². The summed E-state index contributed by atoms with van der Waals surface area (Å²) in [6.07, 6.45) is -1.20. The van der Waals surface area contributed by atoms with Crippen LogP contribution in [0.3, 0.4) is 0 Å². The molecule has 1 saturated heterocycles. The molecule has 1 unspecified atom stereocenters. The molecule has 3 aromatic carbocycles. The van der Waals surface area contributed by atoms with Gasteiger partial charge in [0.25, 0.3) is 5.91 Å². The first kappa shape index (κ1) is 29.1. The van der Waals surface area contributed by atoms with Gasteiger partial charge in [0, 0.05) is 17.7 Å². The summed E-state index contributed by atoms with van der Waals surface area (Å²) in [6, 6.07) is 25.5. The minimum atomic E-state index is -1.07. The maximum absolute atomic E-state index is 13.3. The zero-order chi connectivity index (χ0) is 29.6. The summed E-state index contributed by atoms with van der Waals surface area (Å²) in [4.78, 5) is 55.6. The summed E-state index contributed by atoms with van der Waals surface area (Å²) in [7, 11) is 0. The topological polar surface area (TPSA) is 126 Å². The van der Waals surface area contributed by atoms with E-state index in [9.17, 15) is 19.2 Å². The fraction of sp³-hybridized carbons (Fsp3) is 0.194. The quantitative estimate of drug-likeness (QED) is 0.210. The van der Waals surface area contributed by atoms with Gasteiger partial charge in [-0.25, -0.2) is 14.4 Å². The monoisotopic (exact) mass is 679 g/mol. The highest BCUT2D eigenvalue weighted by Gasteiger charge is 2.47. The van der Waals surface area contributed by atoms with E-state index in [0.29, 0.717) is 20.3 Å². The minimum absolute atomic E-state index is 0.0860. The van der Waals surface area contributed by atoms with E-state index in [1.165, 1.54) is 10.8 Å². The molecule has 0 bridgehead atoms. The zero-order valence-electron chi connectivity index (χ0n) is 22.4.